The van der Waals surface area contributed by atoms with Crippen LogP contribution >= 0.6 is 0 Å². The molecular formula is C12H18F2N2O2S. The second-order valence-electron chi connectivity index (χ2n) is 4.22. The lowest BCUT2D eigenvalue weighted by Crippen LogP contribution is -2.33. The Bertz CT molecular complexity index is 541. The Morgan fingerprint density at radius 1 is 1.16 bits per heavy atom. The molecule has 0 saturated heterocycles. The van der Waals surface area contributed by atoms with Gasteiger partial charge in [0.05, 0.1) is 0 Å². The fourth-order valence-electron chi connectivity index (χ4n) is 1.76. The maximum atomic E-state index is 13.7. The molecular weight excluding hydrogens is 274 g/mol. The van der Waals surface area contributed by atoms with Gasteiger partial charge in [-0.3, -0.25) is 0 Å². The molecule has 0 aromatic heterocycles. The molecule has 0 heterocycles. The van der Waals surface area contributed by atoms with Gasteiger partial charge in [0.1, 0.15) is 4.90 Å². The third-order valence-corrected chi connectivity index (χ3v) is 4.48. The topological polar surface area (TPSA) is 63.4 Å². The van der Waals surface area contributed by atoms with E-state index in [0.717, 1.165) is 16.4 Å². The van der Waals surface area contributed by atoms with Crippen molar-refractivity contribution in [2.75, 3.05) is 18.8 Å². The largest absolute Gasteiger partial charge is 0.399 e. The normalized spacial score (nSPS) is 12.1. The monoisotopic (exact) mass is 292 g/mol. The van der Waals surface area contributed by atoms with Gasteiger partial charge in [-0.2, -0.15) is 4.31 Å². The molecule has 0 bridgehead atoms. The van der Waals surface area contributed by atoms with Crippen molar-refractivity contribution in [2.24, 2.45) is 0 Å². The van der Waals surface area contributed by atoms with Gasteiger partial charge < -0.3 is 5.73 Å². The molecule has 1 aromatic carbocycles. The molecule has 0 unspecified atom stereocenters. The summed E-state index contributed by atoms with van der Waals surface area (Å²) >= 11 is 0. The predicted molar refractivity (Wildman–Crippen MR) is 70.1 cm³/mol. The van der Waals surface area contributed by atoms with Crippen molar-refractivity contribution in [1.29, 1.82) is 0 Å². The number of anilines is 1. The summed E-state index contributed by atoms with van der Waals surface area (Å²) in [5.41, 5.74) is 5.26. The highest BCUT2D eigenvalue weighted by molar-refractivity contribution is 7.89. The van der Waals surface area contributed by atoms with Gasteiger partial charge in [-0.1, -0.05) is 13.8 Å². The Hall–Kier alpha value is -1.21. The summed E-state index contributed by atoms with van der Waals surface area (Å²) < 4.78 is 52.7. The number of hydrogen-bond donors (Lipinski definition) is 1. The number of sulfonamides is 1. The van der Waals surface area contributed by atoms with Crippen LogP contribution in [0.1, 0.15) is 26.7 Å². The molecule has 0 spiro atoms. The van der Waals surface area contributed by atoms with Gasteiger partial charge in [-0.25, -0.2) is 17.2 Å². The standard InChI is InChI=1S/C12H18F2N2O2S/c1-3-5-16(6-4-2)19(17,18)11-8-9(15)7-10(13)12(11)14/h7-8H,3-6,15H2,1-2H3. The Labute approximate surface area is 112 Å². The van der Waals surface area contributed by atoms with E-state index >= 15 is 0 Å². The molecule has 108 valence electrons. The van der Waals surface area contributed by atoms with Crippen LogP contribution in [-0.4, -0.2) is 25.8 Å². The van der Waals surface area contributed by atoms with Gasteiger partial charge in [0.15, 0.2) is 11.6 Å². The molecule has 0 aliphatic rings. The molecule has 0 aliphatic heterocycles. The molecule has 1 rings (SSSR count). The SMILES string of the molecule is CCCN(CCC)S(=O)(=O)c1cc(N)cc(F)c1F. The fourth-order valence-corrected chi connectivity index (χ4v) is 3.49. The summed E-state index contributed by atoms with van der Waals surface area (Å²) in [7, 11) is -4.06. The molecule has 0 atom stereocenters. The van der Waals surface area contributed by atoms with Gasteiger partial charge in [0.2, 0.25) is 10.0 Å². The second-order valence-corrected chi connectivity index (χ2v) is 6.13. The Morgan fingerprint density at radius 2 is 1.68 bits per heavy atom. The van der Waals surface area contributed by atoms with Crippen molar-refractivity contribution in [3.8, 4) is 0 Å². The first kappa shape index (κ1) is 15.8. The van der Waals surface area contributed by atoms with E-state index in [2.05, 4.69) is 0 Å². The summed E-state index contributed by atoms with van der Waals surface area (Å²) in [5, 5.41) is 0. The lowest BCUT2D eigenvalue weighted by molar-refractivity contribution is 0.403. The summed E-state index contributed by atoms with van der Waals surface area (Å²) in [6.45, 7) is 4.14. The molecule has 1 aromatic rings. The number of nitrogens with two attached hydrogens (primary N) is 1. The van der Waals surface area contributed by atoms with E-state index in [4.69, 9.17) is 5.73 Å². The number of halogens is 2. The fraction of sp³-hybridized carbons (Fsp3) is 0.500. The summed E-state index contributed by atoms with van der Waals surface area (Å²) in [5.74, 6) is -2.64. The molecule has 0 amide bonds. The van der Waals surface area contributed by atoms with Gasteiger partial charge >= 0.3 is 0 Å². The van der Waals surface area contributed by atoms with Crippen molar-refractivity contribution in [3.05, 3.63) is 23.8 Å². The third kappa shape index (κ3) is 3.42. The van der Waals surface area contributed by atoms with Crippen molar-refractivity contribution in [2.45, 2.75) is 31.6 Å². The number of hydrogen-bond acceptors (Lipinski definition) is 3. The summed E-state index contributed by atoms with van der Waals surface area (Å²) in [6, 6.07) is 1.71. The van der Waals surface area contributed by atoms with Gasteiger partial charge in [-0.05, 0) is 25.0 Å². The maximum absolute atomic E-state index is 13.7. The molecule has 2 N–H and O–H groups in total. The average molecular weight is 292 g/mol. The summed E-state index contributed by atoms with van der Waals surface area (Å²) in [6.07, 6.45) is 1.18. The molecule has 0 fully saturated rings. The van der Waals surface area contributed by atoms with Crippen molar-refractivity contribution in [1.82, 2.24) is 4.31 Å². The van der Waals surface area contributed by atoms with E-state index in [0.29, 0.717) is 12.8 Å². The number of nitrogen functional groups attached to an aromatic ring is 1. The smallest absolute Gasteiger partial charge is 0.246 e. The van der Waals surface area contributed by atoms with E-state index in [1.807, 2.05) is 13.8 Å². The van der Waals surface area contributed by atoms with Gasteiger partial charge in [-0.15, -0.1) is 0 Å². The zero-order valence-electron chi connectivity index (χ0n) is 11.0. The second kappa shape index (κ2) is 6.29. The van der Waals surface area contributed by atoms with Crippen LogP contribution in [0.4, 0.5) is 14.5 Å². The van der Waals surface area contributed by atoms with Crippen LogP contribution < -0.4 is 5.73 Å². The van der Waals surface area contributed by atoms with E-state index in [1.54, 1.807) is 0 Å². The molecule has 0 saturated carbocycles. The van der Waals surface area contributed by atoms with Crippen molar-refractivity contribution >= 4 is 15.7 Å². The predicted octanol–water partition coefficient (Wildman–Crippen LogP) is 2.36. The van der Waals surface area contributed by atoms with Crippen LogP contribution in [0.15, 0.2) is 17.0 Å². The van der Waals surface area contributed by atoms with Crippen molar-refractivity contribution < 1.29 is 17.2 Å². The van der Waals surface area contributed by atoms with Crippen LogP contribution in [-0.2, 0) is 10.0 Å². The average Bonchev–Trinajstić information content (AvgIpc) is 2.33. The molecule has 4 nitrogen and oxygen atoms in total. The number of benzene rings is 1. The maximum Gasteiger partial charge on any atom is 0.246 e. The van der Waals surface area contributed by atoms with Gasteiger partial charge in [0.25, 0.3) is 0 Å². The highest BCUT2D eigenvalue weighted by atomic mass is 32.2. The lowest BCUT2D eigenvalue weighted by Gasteiger charge is -2.21. The molecule has 19 heavy (non-hydrogen) atoms. The zero-order chi connectivity index (χ0) is 14.6. The van der Waals surface area contributed by atoms with Crippen LogP contribution in [0.3, 0.4) is 0 Å². The first-order chi connectivity index (χ1) is 8.84. The van der Waals surface area contributed by atoms with Crippen LogP contribution in [0, 0.1) is 11.6 Å². The van der Waals surface area contributed by atoms with Crippen LogP contribution in [0.25, 0.3) is 0 Å². The molecule has 7 heteroatoms. The quantitative estimate of drug-likeness (QED) is 0.819. The Balaban J connectivity index is 3.32. The first-order valence-electron chi connectivity index (χ1n) is 6.09. The van der Waals surface area contributed by atoms with Crippen LogP contribution in [0.5, 0.6) is 0 Å². The summed E-state index contributed by atoms with van der Waals surface area (Å²) in [4.78, 5) is -0.702. The Morgan fingerprint density at radius 3 is 2.16 bits per heavy atom. The first-order valence-corrected chi connectivity index (χ1v) is 7.53. The highest BCUT2D eigenvalue weighted by Gasteiger charge is 2.28. The molecule has 0 aliphatic carbocycles. The van der Waals surface area contributed by atoms with E-state index in [1.165, 1.54) is 0 Å². The van der Waals surface area contributed by atoms with E-state index in [9.17, 15) is 17.2 Å². The number of nitrogens with zero attached hydrogens (tertiary/aromatic N) is 1. The zero-order valence-corrected chi connectivity index (χ0v) is 11.8. The third-order valence-electron chi connectivity index (χ3n) is 2.58. The highest BCUT2D eigenvalue weighted by Crippen LogP contribution is 2.24. The minimum Gasteiger partial charge on any atom is -0.399 e. The lowest BCUT2D eigenvalue weighted by atomic mass is 10.3. The van der Waals surface area contributed by atoms with E-state index in [-0.39, 0.29) is 18.8 Å². The van der Waals surface area contributed by atoms with Gasteiger partial charge in [0, 0.05) is 18.8 Å². The number of rotatable bonds is 6. The molecule has 0 radical (unpaired) electrons. The Kier molecular flexibility index (Phi) is 5.25. The van der Waals surface area contributed by atoms with Crippen LogP contribution in [0.2, 0.25) is 0 Å². The minimum absolute atomic E-state index is 0.120. The minimum atomic E-state index is -4.06. The van der Waals surface area contributed by atoms with Crippen molar-refractivity contribution in [3.63, 3.8) is 0 Å². The van der Waals surface area contributed by atoms with E-state index < -0.39 is 26.6 Å².